The summed E-state index contributed by atoms with van der Waals surface area (Å²) in [6.07, 6.45) is 13.0. The number of aromatic nitrogens is 1. The van der Waals surface area contributed by atoms with Crippen molar-refractivity contribution in [1.29, 1.82) is 0 Å². The van der Waals surface area contributed by atoms with Crippen LogP contribution in [0.5, 0.6) is 0 Å². The zero-order chi connectivity index (χ0) is 10.9. The summed E-state index contributed by atoms with van der Waals surface area (Å²) in [6, 6.07) is 4.59. The summed E-state index contributed by atoms with van der Waals surface area (Å²) in [6.45, 7) is 0. The molecule has 1 N–H and O–H groups in total. The summed E-state index contributed by atoms with van der Waals surface area (Å²) in [4.78, 5) is 4.11. The number of unbranched alkanes of at least 4 members (excludes halogenated alkanes) is 1. The highest BCUT2D eigenvalue weighted by Crippen LogP contribution is 2.07. The predicted octanol–water partition coefficient (Wildman–Crippen LogP) is 2.02. The van der Waals surface area contributed by atoms with Gasteiger partial charge in [0.1, 0.15) is 0 Å². The molecule has 15 heavy (non-hydrogen) atoms. The van der Waals surface area contributed by atoms with Gasteiger partial charge in [0.2, 0.25) is 0 Å². The van der Waals surface area contributed by atoms with E-state index < -0.39 is 0 Å². The molecule has 1 aromatic heterocycles. The van der Waals surface area contributed by atoms with E-state index in [1.165, 1.54) is 5.56 Å². The molecule has 1 atom stereocenters. The van der Waals surface area contributed by atoms with E-state index in [0.717, 1.165) is 25.7 Å². The fourth-order valence-corrected chi connectivity index (χ4v) is 1.60. The van der Waals surface area contributed by atoms with Gasteiger partial charge >= 0.3 is 0 Å². The van der Waals surface area contributed by atoms with E-state index in [-0.39, 0.29) is 0 Å². The largest absolute Gasteiger partial charge is 0.317 e. The number of terminal acetylenes is 1. The SMILES string of the molecule is C#CCCCC(Cc1cccnc1)NC. The molecule has 0 bridgehead atoms. The molecule has 0 spiro atoms. The molecule has 0 amide bonds. The second-order valence-electron chi connectivity index (χ2n) is 3.65. The molecule has 0 aromatic carbocycles. The van der Waals surface area contributed by atoms with Crippen molar-refractivity contribution in [3.63, 3.8) is 0 Å². The van der Waals surface area contributed by atoms with Crippen LogP contribution in [0.4, 0.5) is 0 Å². The van der Waals surface area contributed by atoms with Crippen LogP contribution in [0, 0.1) is 12.3 Å². The number of likely N-dealkylation sites (N-methyl/N-ethyl adjacent to an activating group) is 1. The van der Waals surface area contributed by atoms with Crippen LogP contribution in [0.1, 0.15) is 24.8 Å². The van der Waals surface area contributed by atoms with Gasteiger partial charge in [0.25, 0.3) is 0 Å². The average Bonchev–Trinajstić information content (AvgIpc) is 2.29. The standard InChI is InChI=1S/C13H18N2/c1-3-4-5-8-13(14-2)10-12-7-6-9-15-11-12/h1,6-7,9,11,13-14H,4-5,8,10H2,2H3. The van der Waals surface area contributed by atoms with E-state index in [2.05, 4.69) is 22.3 Å². The Labute approximate surface area is 92.1 Å². The van der Waals surface area contributed by atoms with Gasteiger partial charge in [-0.25, -0.2) is 0 Å². The van der Waals surface area contributed by atoms with Crippen LogP contribution in [0.2, 0.25) is 0 Å². The predicted molar refractivity (Wildman–Crippen MR) is 63.5 cm³/mol. The third-order valence-corrected chi connectivity index (χ3v) is 2.49. The first-order chi connectivity index (χ1) is 7.36. The number of rotatable bonds is 6. The number of pyridine rings is 1. The minimum absolute atomic E-state index is 0.502. The summed E-state index contributed by atoms with van der Waals surface area (Å²) in [5, 5.41) is 3.31. The zero-order valence-electron chi connectivity index (χ0n) is 9.24. The van der Waals surface area contributed by atoms with Gasteiger partial charge in [-0.2, -0.15) is 0 Å². The second kappa shape index (κ2) is 7.03. The highest BCUT2D eigenvalue weighted by molar-refractivity contribution is 5.10. The van der Waals surface area contributed by atoms with Crippen LogP contribution in [0.3, 0.4) is 0 Å². The van der Waals surface area contributed by atoms with Gasteiger partial charge in [0.05, 0.1) is 0 Å². The maximum atomic E-state index is 5.23. The molecule has 0 aliphatic carbocycles. The summed E-state index contributed by atoms with van der Waals surface area (Å²) in [5.74, 6) is 2.67. The number of nitrogens with zero attached hydrogens (tertiary/aromatic N) is 1. The van der Waals surface area contributed by atoms with Crippen LogP contribution < -0.4 is 5.32 Å². The molecule has 1 heterocycles. The van der Waals surface area contributed by atoms with Crippen LogP contribution >= 0.6 is 0 Å². The molecule has 0 saturated carbocycles. The molecular formula is C13H18N2. The van der Waals surface area contributed by atoms with Crippen molar-refractivity contribution in [2.45, 2.75) is 31.7 Å². The van der Waals surface area contributed by atoms with Crippen molar-refractivity contribution in [3.05, 3.63) is 30.1 Å². The average molecular weight is 202 g/mol. The first-order valence-corrected chi connectivity index (χ1v) is 5.36. The summed E-state index contributed by atoms with van der Waals surface area (Å²) >= 11 is 0. The number of nitrogens with one attached hydrogen (secondary N) is 1. The minimum atomic E-state index is 0.502. The molecule has 2 heteroatoms. The molecule has 0 aliphatic heterocycles. The maximum Gasteiger partial charge on any atom is 0.0300 e. The van der Waals surface area contributed by atoms with Gasteiger partial charge in [-0.15, -0.1) is 12.3 Å². The minimum Gasteiger partial charge on any atom is -0.317 e. The first kappa shape index (κ1) is 11.7. The van der Waals surface area contributed by atoms with Crippen molar-refractivity contribution >= 4 is 0 Å². The van der Waals surface area contributed by atoms with Gasteiger partial charge < -0.3 is 5.32 Å². The van der Waals surface area contributed by atoms with E-state index in [0.29, 0.717) is 6.04 Å². The Morgan fingerprint density at radius 2 is 2.47 bits per heavy atom. The van der Waals surface area contributed by atoms with Crippen molar-refractivity contribution in [2.75, 3.05) is 7.05 Å². The quantitative estimate of drug-likeness (QED) is 0.564. The molecule has 0 fully saturated rings. The van der Waals surface area contributed by atoms with Gasteiger partial charge in [-0.3, -0.25) is 4.98 Å². The Balaban J connectivity index is 2.37. The Morgan fingerprint density at radius 3 is 3.07 bits per heavy atom. The van der Waals surface area contributed by atoms with Crippen LogP contribution in [0.25, 0.3) is 0 Å². The highest BCUT2D eigenvalue weighted by atomic mass is 14.9. The number of hydrogen-bond donors (Lipinski definition) is 1. The Kier molecular flexibility index (Phi) is 5.50. The van der Waals surface area contributed by atoms with E-state index >= 15 is 0 Å². The van der Waals surface area contributed by atoms with E-state index in [1.54, 1.807) is 6.20 Å². The van der Waals surface area contributed by atoms with Gasteiger partial charge in [-0.1, -0.05) is 6.07 Å². The van der Waals surface area contributed by atoms with Gasteiger partial charge in [-0.05, 0) is 37.9 Å². The van der Waals surface area contributed by atoms with Gasteiger partial charge in [0.15, 0.2) is 0 Å². The molecule has 80 valence electrons. The van der Waals surface area contributed by atoms with Crippen LogP contribution in [-0.4, -0.2) is 18.1 Å². The monoisotopic (exact) mass is 202 g/mol. The first-order valence-electron chi connectivity index (χ1n) is 5.36. The molecule has 0 radical (unpaired) electrons. The summed E-state index contributed by atoms with van der Waals surface area (Å²) in [7, 11) is 2.00. The topological polar surface area (TPSA) is 24.9 Å². The Hall–Kier alpha value is -1.33. The van der Waals surface area contributed by atoms with E-state index in [9.17, 15) is 0 Å². The fourth-order valence-electron chi connectivity index (χ4n) is 1.60. The molecular weight excluding hydrogens is 184 g/mol. The molecule has 1 unspecified atom stereocenters. The van der Waals surface area contributed by atoms with Crippen molar-refractivity contribution in [2.24, 2.45) is 0 Å². The van der Waals surface area contributed by atoms with Crippen molar-refractivity contribution in [3.8, 4) is 12.3 Å². The lowest BCUT2D eigenvalue weighted by Gasteiger charge is -2.15. The van der Waals surface area contributed by atoms with Gasteiger partial charge in [0, 0.05) is 24.9 Å². The summed E-state index contributed by atoms with van der Waals surface area (Å²) in [5.41, 5.74) is 1.28. The zero-order valence-corrected chi connectivity index (χ0v) is 9.24. The smallest absolute Gasteiger partial charge is 0.0300 e. The van der Waals surface area contributed by atoms with E-state index in [1.807, 2.05) is 19.3 Å². The third kappa shape index (κ3) is 4.62. The molecule has 1 aromatic rings. The molecule has 0 aliphatic rings. The molecule has 1 rings (SSSR count). The Bertz CT molecular complexity index is 300. The fraction of sp³-hybridized carbons (Fsp3) is 0.462. The van der Waals surface area contributed by atoms with Crippen LogP contribution in [-0.2, 0) is 6.42 Å². The Morgan fingerprint density at radius 1 is 1.60 bits per heavy atom. The molecule has 0 saturated heterocycles. The lowest BCUT2D eigenvalue weighted by atomic mass is 10.0. The highest BCUT2D eigenvalue weighted by Gasteiger charge is 2.06. The van der Waals surface area contributed by atoms with Crippen molar-refractivity contribution in [1.82, 2.24) is 10.3 Å². The third-order valence-electron chi connectivity index (χ3n) is 2.49. The van der Waals surface area contributed by atoms with Crippen molar-refractivity contribution < 1.29 is 0 Å². The lowest BCUT2D eigenvalue weighted by molar-refractivity contribution is 0.505. The molecule has 2 nitrogen and oxygen atoms in total. The normalized spacial score (nSPS) is 12.0. The summed E-state index contributed by atoms with van der Waals surface area (Å²) < 4.78 is 0. The maximum absolute atomic E-state index is 5.23. The van der Waals surface area contributed by atoms with Crippen LogP contribution in [0.15, 0.2) is 24.5 Å². The lowest BCUT2D eigenvalue weighted by Crippen LogP contribution is -2.27. The number of hydrogen-bond acceptors (Lipinski definition) is 2. The second-order valence-corrected chi connectivity index (χ2v) is 3.65. The van der Waals surface area contributed by atoms with E-state index in [4.69, 9.17) is 6.42 Å².